The lowest BCUT2D eigenvalue weighted by Gasteiger charge is -2.37. The van der Waals surface area contributed by atoms with Gasteiger partial charge in [-0.2, -0.15) is 0 Å². The van der Waals surface area contributed by atoms with E-state index < -0.39 is 11.9 Å². The van der Waals surface area contributed by atoms with E-state index in [2.05, 4.69) is 17.4 Å². The number of methoxy groups -OCH3 is 3. The number of ketones is 1. The molecular weight excluding hydrogens is 406 g/mol. The first-order valence-electron chi connectivity index (χ1n) is 10.6. The normalized spacial score (nSPS) is 20.4. The van der Waals surface area contributed by atoms with Crippen LogP contribution in [0.5, 0.6) is 11.5 Å². The predicted molar refractivity (Wildman–Crippen MR) is 121 cm³/mol. The molecule has 0 saturated heterocycles. The van der Waals surface area contributed by atoms with E-state index in [1.54, 1.807) is 20.3 Å². The highest BCUT2D eigenvalue weighted by atomic mass is 16.5. The lowest BCUT2D eigenvalue weighted by atomic mass is 9.71. The van der Waals surface area contributed by atoms with Gasteiger partial charge in [0.2, 0.25) is 0 Å². The summed E-state index contributed by atoms with van der Waals surface area (Å²) in [5.74, 6) is 0.236. The Morgan fingerprint density at radius 1 is 1.00 bits per heavy atom. The summed E-state index contributed by atoms with van der Waals surface area (Å²) in [6.07, 6.45) is 1.07. The van der Waals surface area contributed by atoms with Gasteiger partial charge in [0.25, 0.3) is 0 Å². The second kappa shape index (κ2) is 8.91. The van der Waals surface area contributed by atoms with E-state index in [1.807, 2.05) is 37.3 Å². The van der Waals surface area contributed by atoms with Gasteiger partial charge < -0.3 is 19.5 Å². The molecule has 1 heterocycles. The first-order chi connectivity index (χ1) is 15.5. The maximum absolute atomic E-state index is 13.5. The number of esters is 1. The molecule has 0 radical (unpaired) electrons. The van der Waals surface area contributed by atoms with Gasteiger partial charge in [0.1, 0.15) is 11.5 Å². The number of allylic oxidation sites excluding steroid dienone is 3. The van der Waals surface area contributed by atoms with Gasteiger partial charge in [-0.3, -0.25) is 4.79 Å². The molecule has 0 saturated carbocycles. The van der Waals surface area contributed by atoms with Gasteiger partial charge in [-0.25, -0.2) is 4.79 Å². The van der Waals surface area contributed by atoms with Crippen LogP contribution < -0.4 is 14.8 Å². The van der Waals surface area contributed by atoms with Crippen LogP contribution in [0.4, 0.5) is 0 Å². The maximum atomic E-state index is 13.5. The van der Waals surface area contributed by atoms with Gasteiger partial charge >= 0.3 is 5.97 Å². The van der Waals surface area contributed by atoms with Crippen molar-refractivity contribution in [2.75, 3.05) is 21.3 Å². The van der Waals surface area contributed by atoms with Crippen LogP contribution >= 0.6 is 0 Å². The summed E-state index contributed by atoms with van der Waals surface area (Å²) in [5.41, 5.74) is 4.41. The Labute approximate surface area is 187 Å². The SMILES string of the molecule is COC(=O)C1=C(C)NC2=C(C(=O)C[C@H](c3ccccc3)C2)[C@H]1c1ccc(OC)cc1OC. The van der Waals surface area contributed by atoms with Crippen molar-refractivity contribution in [3.05, 3.63) is 82.2 Å². The molecular formula is C26H27NO5. The first-order valence-corrected chi connectivity index (χ1v) is 10.6. The number of benzene rings is 2. The van der Waals surface area contributed by atoms with Crippen molar-refractivity contribution >= 4 is 11.8 Å². The number of carbonyl (C=O) groups is 2. The second-order valence-corrected chi connectivity index (χ2v) is 8.03. The average Bonchev–Trinajstić information content (AvgIpc) is 2.82. The summed E-state index contributed by atoms with van der Waals surface area (Å²) in [6, 6.07) is 15.5. The van der Waals surface area contributed by atoms with Gasteiger partial charge in [-0.15, -0.1) is 0 Å². The average molecular weight is 434 g/mol. The lowest BCUT2D eigenvalue weighted by Crippen LogP contribution is -2.36. The van der Waals surface area contributed by atoms with Crippen LogP contribution in [0, 0.1) is 0 Å². The van der Waals surface area contributed by atoms with Crippen LogP contribution in [-0.4, -0.2) is 33.1 Å². The predicted octanol–water partition coefficient (Wildman–Crippen LogP) is 4.24. The Kier molecular flexibility index (Phi) is 6.04. The van der Waals surface area contributed by atoms with E-state index >= 15 is 0 Å². The largest absolute Gasteiger partial charge is 0.497 e. The molecule has 1 N–H and O–H groups in total. The van der Waals surface area contributed by atoms with Crippen LogP contribution in [0.15, 0.2) is 71.1 Å². The molecule has 0 spiro atoms. The number of dihydropyridines is 1. The van der Waals surface area contributed by atoms with Gasteiger partial charge in [-0.1, -0.05) is 36.4 Å². The zero-order valence-corrected chi connectivity index (χ0v) is 18.7. The third kappa shape index (κ3) is 3.77. The molecule has 4 rings (SSSR count). The molecule has 0 aromatic heterocycles. The molecule has 0 fully saturated rings. The molecule has 166 valence electrons. The number of ether oxygens (including phenoxy) is 3. The maximum Gasteiger partial charge on any atom is 0.336 e. The smallest absolute Gasteiger partial charge is 0.336 e. The number of Topliss-reactive ketones (excluding diaryl/α,β-unsaturated/α-hetero) is 1. The molecule has 2 aliphatic rings. The van der Waals surface area contributed by atoms with Gasteiger partial charge in [-0.05, 0) is 30.9 Å². The molecule has 0 unspecified atom stereocenters. The van der Waals surface area contributed by atoms with Crippen LogP contribution in [0.3, 0.4) is 0 Å². The lowest BCUT2D eigenvalue weighted by molar-refractivity contribution is -0.136. The van der Waals surface area contributed by atoms with E-state index in [4.69, 9.17) is 14.2 Å². The number of carbonyl (C=O) groups excluding carboxylic acids is 2. The topological polar surface area (TPSA) is 73.9 Å². The number of hydrogen-bond acceptors (Lipinski definition) is 6. The van der Waals surface area contributed by atoms with Crippen LogP contribution in [0.2, 0.25) is 0 Å². The summed E-state index contributed by atoms with van der Waals surface area (Å²) in [4.78, 5) is 26.4. The van der Waals surface area contributed by atoms with E-state index in [9.17, 15) is 9.59 Å². The van der Waals surface area contributed by atoms with E-state index in [0.29, 0.717) is 41.2 Å². The Bertz CT molecular complexity index is 1120. The number of rotatable bonds is 5. The molecule has 2 aromatic rings. The molecule has 2 atom stereocenters. The van der Waals surface area contributed by atoms with Crippen molar-refractivity contribution in [1.29, 1.82) is 0 Å². The zero-order valence-electron chi connectivity index (χ0n) is 18.7. The fraction of sp³-hybridized carbons (Fsp3) is 0.308. The van der Waals surface area contributed by atoms with Crippen molar-refractivity contribution in [1.82, 2.24) is 5.32 Å². The third-order valence-corrected chi connectivity index (χ3v) is 6.26. The number of hydrogen-bond donors (Lipinski definition) is 1. The van der Waals surface area contributed by atoms with Gasteiger partial charge in [0, 0.05) is 35.0 Å². The van der Waals surface area contributed by atoms with Crippen molar-refractivity contribution in [3.63, 3.8) is 0 Å². The Hall–Kier alpha value is -3.54. The van der Waals surface area contributed by atoms with E-state index in [-0.39, 0.29) is 11.7 Å². The summed E-state index contributed by atoms with van der Waals surface area (Å²) >= 11 is 0. The van der Waals surface area contributed by atoms with E-state index in [0.717, 1.165) is 16.8 Å². The summed E-state index contributed by atoms with van der Waals surface area (Å²) in [5, 5.41) is 3.35. The highest BCUT2D eigenvalue weighted by Gasteiger charge is 2.42. The molecule has 0 amide bonds. The minimum atomic E-state index is -0.580. The minimum Gasteiger partial charge on any atom is -0.497 e. The standard InChI is InChI=1S/C26H27NO5/c1-15-23(26(29)32-4)24(19-11-10-18(30-2)14-22(19)31-3)25-20(27-15)12-17(13-21(25)28)16-8-6-5-7-9-16/h5-11,14,17,24,27H,12-13H2,1-4H3/t17-,24+/m1/s1. The highest BCUT2D eigenvalue weighted by Crippen LogP contribution is 2.48. The Morgan fingerprint density at radius 2 is 1.75 bits per heavy atom. The van der Waals surface area contributed by atoms with Crippen LogP contribution in [0.1, 0.15) is 42.7 Å². The summed E-state index contributed by atoms with van der Waals surface area (Å²) in [6.45, 7) is 1.84. The molecule has 1 aliphatic heterocycles. The van der Waals surface area contributed by atoms with Crippen LogP contribution in [-0.2, 0) is 14.3 Å². The van der Waals surface area contributed by atoms with Gasteiger partial charge in [0.05, 0.1) is 32.8 Å². The van der Waals surface area contributed by atoms with E-state index in [1.165, 1.54) is 7.11 Å². The quantitative estimate of drug-likeness (QED) is 0.711. The summed E-state index contributed by atoms with van der Waals surface area (Å²) in [7, 11) is 4.50. The molecule has 6 heteroatoms. The molecule has 32 heavy (non-hydrogen) atoms. The number of nitrogens with one attached hydrogen (secondary N) is 1. The Balaban J connectivity index is 1.86. The Morgan fingerprint density at radius 3 is 2.41 bits per heavy atom. The molecule has 6 nitrogen and oxygen atoms in total. The fourth-order valence-corrected chi connectivity index (χ4v) is 4.75. The molecule has 2 aromatic carbocycles. The first kappa shape index (κ1) is 21.7. The van der Waals surface area contributed by atoms with Crippen molar-refractivity contribution in [3.8, 4) is 11.5 Å². The van der Waals surface area contributed by atoms with Crippen molar-refractivity contribution < 1.29 is 23.8 Å². The molecule has 0 bridgehead atoms. The van der Waals surface area contributed by atoms with Crippen LogP contribution in [0.25, 0.3) is 0 Å². The minimum absolute atomic E-state index is 0.0179. The van der Waals surface area contributed by atoms with Crippen molar-refractivity contribution in [2.45, 2.75) is 31.6 Å². The zero-order chi connectivity index (χ0) is 22.8. The fourth-order valence-electron chi connectivity index (χ4n) is 4.75. The second-order valence-electron chi connectivity index (χ2n) is 8.03. The van der Waals surface area contributed by atoms with Gasteiger partial charge in [0.15, 0.2) is 5.78 Å². The highest BCUT2D eigenvalue weighted by molar-refractivity contribution is 6.04. The summed E-state index contributed by atoms with van der Waals surface area (Å²) < 4.78 is 16.1. The van der Waals surface area contributed by atoms with Crippen molar-refractivity contribution in [2.24, 2.45) is 0 Å². The third-order valence-electron chi connectivity index (χ3n) is 6.26. The molecule has 1 aliphatic carbocycles. The monoisotopic (exact) mass is 433 g/mol.